The molecule has 126 valence electrons. The number of ether oxygens (including phenoxy) is 1. The number of aromatic nitrogens is 3. The second kappa shape index (κ2) is 7.42. The Hall–Kier alpha value is -1.44. The summed E-state index contributed by atoms with van der Waals surface area (Å²) in [4.78, 5) is 8.37. The molecular weight excluding hydrogens is 310 g/mol. The fraction of sp³-hybridized carbons (Fsp3) is 0.625. The standard InChI is InChI=1S/C16H25N5OS/c1-12-8-18-21(10-12)11-13(2)17-9-15-14(3)19-16(23-15)20-4-6-22-7-5-20/h8,10,13,17H,4-7,9,11H2,1-3H3. The van der Waals surface area contributed by atoms with Crippen molar-refractivity contribution in [2.75, 3.05) is 31.2 Å². The molecule has 0 amide bonds. The van der Waals surface area contributed by atoms with Crippen LogP contribution >= 0.6 is 11.3 Å². The maximum Gasteiger partial charge on any atom is 0.185 e. The Balaban J connectivity index is 1.54. The molecule has 6 nitrogen and oxygen atoms in total. The van der Waals surface area contributed by atoms with Crippen LogP contribution in [-0.4, -0.2) is 47.1 Å². The van der Waals surface area contributed by atoms with E-state index in [-0.39, 0.29) is 0 Å². The van der Waals surface area contributed by atoms with Gasteiger partial charge in [-0.15, -0.1) is 11.3 Å². The zero-order chi connectivity index (χ0) is 16.2. The van der Waals surface area contributed by atoms with Gasteiger partial charge in [0.05, 0.1) is 31.6 Å². The van der Waals surface area contributed by atoms with Crippen LogP contribution in [0.15, 0.2) is 12.4 Å². The average Bonchev–Trinajstić information content (AvgIpc) is 3.12. The van der Waals surface area contributed by atoms with Crippen LogP contribution in [0.5, 0.6) is 0 Å². The lowest BCUT2D eigenvalue weighted by Gasteiger charge is -2.26. The zero-order valence-electron chi connectivity index (χ0n) is 14.1. The fourth-order valence-electron chi connectivity index (χ4n) is 2.65. The Morgan fingerprint density at radius 2 is 2.13 bits per heavy atom. The minimum atomic E-state index is 0.364. The van der Waals surface area contributed by atoms with Crippen molar-refractivity contribution in [1.29, 1.82) is 0 Å². The lowest BCUT2D eigenvalue weighted by Crippen LogP contribution is -2.36. The number of thiazole rings is 1. The van der Waals surface area contributed by atoms with Crippen LogP contribution in [0.25, 0.3) is 0 Å². The van der Waals surface area contributed by atoms with Gasteiger partial charge in [0.25, 0.3) is 0 Å². The summed E-state index contributed by atoms with van der Waals surface area (Å²) in [6.45, 7) is 11.6. The molecule has 1 aliphatic rings. The fourth-order valence-corrected chi connectivity index (χ4v) is 3.71. The molecule has 23 heavy (non-hydrogen) atoms. The Morgan fingerprint density at radius 1 is 1.35 bits per heavy atom. The number of hydrogen-bond acceptors (Lipinski definition) is 6. The van der Waals surface area contributed by atoms with Crippen LogP contribution in [0, 0.1) is 13.8 Å². The zero-order valence-corrected chi connectivity index (χ0v) is 14.9. The Labute approximate surface area is 141 Å². The SMILES string of the molecule is Cc1cnn(CC(C)NCc2sc(N3CCOCC3)nc2C)c1. The summed E-state index contributed by atoms with van der Waals surface area (Å²) in [6, 6.07) is 0.364. The molecule has 1 saturated heterocycles. The van der Waals surface area contributed by atoms with E-state index in [9.17, 15) is 0 Å². The summed E-state index contributed by atoms with van der Waals surface area (Å²) in [5.41, 5.74) is 2.33. The number of nitrogens with zero attached hydrogens (tertiary/aromatic N) is 4. The van der Waals surface area contributed by atoms with E-state index in [0.717, 1.165) is 50.2 Å². The lowest BCUT2D eigenvalue weighted by atomic mass is 10.3. The predicted octanol–water partition coefficient (Wildman–Crippen LogP) is 1.97. The summed E-state index contributed by atoms with van der Waals surface area (Å²) >= 11 is 1.79. The smallest absolute Gasteiger partial charge is 0.185 e. The maximum atomic E-state index is 5.41. The topological polar surface area (TPSA) is 55.2 Å². The molecule has 0 radical (unpaired) electrons. The van der Waals surface area contributed by atoms with Crippen molar-refractivity contribution in [2.24, 2.45) is 0 Å². The van der Waals surface area contributed by atoms with Gasteiger partial charge in [-0.05, 0) is 26.3 Å². The highest BCUT2D eigenvalue weighted by Crippen LogP contribution is 2.26. The van der Waals surface area contributed by atoms with Crippen LogP contribution < -0.4 is 10.2 Å². The van der Waals surface area contributed by atoms with Crippen molar-refractivity contribution < 1.29 is 4.74 Å². The van der Waals surface area contributed by atoms with Gasteiger partial charge >= 0.3 is 0 Å². The second-order valence-corrected chi connectivity index (χ2v) is 7.19. The van der Waals surface area contributed by atoms with Crippen molar-refractivity contribution in [3.63, 3.8) is 0 Å². The molecule has 3 rings (SSSR count). The molecule has 2 aromatic rings. The summed E-state index contributed by atoms with van der Waals surface area (Å²) in [5.74, 6) is 0. The summed E-state index contributed by atoms with van der Waals surface area (Å²) in [6.07, 6.45) is 3.97. The average molecular weight is 335 g/mol. The van der Waals surface area contributed by atoms with E-state index >= 15 is 0 Å². The third-order valence-electron chi connectivity index (χ3n) is 4.00. The minimum Gasteiger partial charge on any atom is -0.378 e. The van der Waals surface area contributed by atoms with Gasteiger partial charge in [0, 0.05) is 36.8 Å². The van der Waals surface area contributed by atoms with E-state index in [1.54, 1.807) is 11.3 Å². The number of morpholine rings is 1. The molecule has 7 heteroatoms. The van der Waals surface area contributed by atoms with Gasteiger partial charge in [-0.1, -0.05) is 0 Å². The van der Waals surface area contributed by atoms with Crippen molar-refractivity contribution >= 4 is 16.5 Å². The van der Waals surface area contributed by atoms with Crippen LogP contribution in [0.3, 0.4) is 0 Å². The highest BCUT2D eigenvalue weighted by atomic mass is 32.1. The van der Waals surface area contributed by atoms with E-state index in [1.807, 2.05) is 10.9 Å². The summed E-state index contributed by atoms with van der Waals surface area (Å²) in [5, 5.41) is 9.05. The molecule has 0 aromatic carbocycles. The summed E-state index contributed by atoms with van der Waals surface area (Å²) < 4.78 is 7.40. The third kappa shape index (κ3) is 4.31. The first kappa shape index (κ1) is 16.4. The normalized spacial score (nSPS) is 16.7. The van der Waals surface area contributed by atoms with Gasteiger partial charge in [0.15, 0.2) is 5.13 Å². The Kier molecular flexibility index (Phi) is 5.30. The maximum absolute atomic E-state index is 5.41. The van der Waals surface area contributed by atoms with Crippen LogP contribution in [0.1, 0.15) is 23.1 Å². The quantitative estimate of drug-likeness (QED) is 0.875. The number of rotatable bonds is 6. The number of nitrogens with one attached hydrogen (secondary N) is 1. The van der Waals surface area contributed by atoms with E-state index in [4.69, 9.17) is 9.72 Å². The molecule has 1 fully saturated rings. The van der Waals surface area contributed by atoms with Crippen molar-refractivity contribution in [3.05, 3.63) is 28.5 Å². The summed E-state index contributed by atoms with van der Waals surface area (Å²) in [7, 11) is 0. The van der Waals surface area contributed by atoms with Crippen LogP contribution in [0.2, 0.25) is 0 Å². The largest absolute Gasteiger partial charge is 0.378 e. The molecule has 1 unspecified atom stereocenters. The molecule has 1 N–H and O–H groups in total. The van der Waals surface area contributed by atoms with Crippen LogP contribution in [-0.2, 0) is 17.8 Å². The third-order valence-corrected chi connectivity index (χ3v) is 5.22. The van der Waals surface area contributed by atoms with Crippen molar-refractivity contribution in [1.82, 2.24) is 20.1 Å². The van der Waals surface area contributed by atoms with Gasteiger partial charge in [-0.3, -0.25) is 4.68 Å². The first-order valence-corrected chi connectivity index (χ1v) is 8.95. The van der Waals surface area contributed by atoms with Crippen molar-refractivity contribution in [3.8, 4) is 0 Å². The number of aryl methyl sites for hydroxylation is 2. The molecule has 0 spiro atoms. The van der Waals surface area contributed by atoms with Crippen LogP contribution in [0.4, 0.5) is 5.13 Å². The molecule has 0 aliphatic carbocycles. The van der Waals surface area contributed by atoms with Gasteiger partial charge in [-0.25, -0.2) is 4.98 Å². The van der Waals surface area contributed by atoms with Crippen molar-refractivity contribution in [2.45, 2.75) is 39.9 Å². The predicted molar refractivity (Wildman–Crippen MR) is 93.1 cm³/mol. The monoisotopic (exact) mass is 335 g/mol. The van der Waals surface area contributed by atoms with E-state index in [2.05, 4.69) is 42.3 Å². The molecular formula is C16H25N5OS. The molecule has 1 aliphatic heterocycles. The van der Waals surface area contributed by atoms with E-state index < -0.39 is 0 Å². The Bertz CT molecular complexity index is 632. The molecule has 1 atom stereocenters. The molecule has 3 heterocycles. The molecule has 0 saturated carbocycles. The minimum absolute atomic E-state index is 0.364. The van der Waals surface area contributed by atoms with E-state index in [1.165, 1.54) is 10.4 Å². The first-order valence-electron chi connectivity index (χ1n) is 8.13. The highest BCUT2D eigenvalue weighted by molar-refractivity contribution is 7.15. The number of anilines is 1. The molecule has 0 bridgehead atoms. The van der Waals surface area contributed by atoms with Gasteiger partial charge < -0.3 is 15.0 Å². The van der Waals surface area contributed by atoms with Gasteiger partial charge in [0.1, 0.15) is 0 Å². The first-order chi connectivity index (χ1) is 11.1. The Morgan fingerprint density at radius 3 is 2.83 bits per heavy atom. The van der Waals surface area contributed by atoms with Gasteiger partial charge in [0.2, 0.25) is 0 Å². The van der Waals surface area contributed by atoms with E-state index in [0.29, 0.717) is 6.04 Å². The highest BCUT2D eigenvalue weighted by Gasteiger charge is 2.17. The lowest BCUT2D eigenvalue weighted by molar-refractivity contribution is 0.122. The van der Waals surface area contributed by atoms with Gasteiger partial charge in [-0.2, -0.15) is 5.10 Å². The number of hydrogen-bond donors (Lipinski definition) is 1. The second-order valence-electron chi connectivity index (χ2n) is 6.13. The molecule has 2 aromatic heterocycles.